The van der Waals surface area contributed by atoms with E-state index in [1.165, 1.54) is 64.2 Å². The molecule has 0 spiro atoms. The number of hydrogen-bond donors (Lipinski definition) is 0. The highest BCUT2D eigenvalue weighted by Gasteiger charge is 2.19. The van der Waals surface area contributed by atoms with Crippen LogP contribution in [0.2, 0.25) is 0 Å². The molecule has 0 radical (unpaired) electrons. The zero-order valence-electron chi connectivity index (χ0n) is 13.5. The van der Waals surface area contributed by atoms with Crippen LogP contribution in [0.5, 0.6) is 0 Å². The van der Waals surface area contributed by atoms with Crippen molar-refractivity contribution in [3.63, 3.8) is 0 Å². The summed E-state index contributed by atoms with van der Waals surface area (Å²) in [6.45, 7) is 8.21. The highest BCUT2D eigenvalue weighted by Crippen LogP contribution is 2.34. The van der Waals surface area contributed by atoms with E-state index in [0.29, 0.717) is 6.47 Å². The molecule has 1 aliphatic carbocycles. The molecule has 0 bridgehead atoms. The summed E-state index contributed by atoms with van der Waals surface area (Å²) in [4.78, 5) is 9.60. The molecule has 0 unspecified atom stereocenters. The highest BCUT2D eigenvalue weighted by atomic mass is 16.5. The van der Waals surface area contributed by atoms with E-state index in [4.69, 9.17) is 0 Å². The molecule has 1 rings (SSSR count). The maximum absolute atomic E-state index is 9.60. The molecule has 1 fully saturated rings. The number of unbranched alkanes of at least 4 members (excludes halogenated alkanes) is 6. The van der Waals surface area contributed by atoms with Crippen LogP contribution in [-0.4, -0.2) is 12.1 Å². The van der Waals surface area contributed by atoms with Crippen molar-refractivity contribution in [3.8, 4) is 0 Å². The van der Waals surface area contributed by atoms with Crippen molar-refractivity contribution in [2.75, 3.05) is 0 Å². The molecule has 114 valence electrons. The van der Waals surface area contributed by atoms with Crippen LogP contribution in [0.15, 0.2) is 0 Å². The molecule has 19 heavy (non-hydrogen) atoms. The number of carbonyl (C=O) groups is 1. The first-order valence-corrected chi connectivity index (χ1v) is 8.11. The predicted molar refractivity (Wildman–Crippen MR) is 82.2 cm³/mol. The van der Waals surface area contributed by atoms with E-state index in [-0.39, 0.29) is 5.60 Å². The Morgan fingerprint density at radius 1 is 1.00 bits per heavy atom. The van der Waals surface area contributed by atoms with Gasteiger partial charge >= 0.3 is 0 Å². The molecular formula is C17H34O2. The summed E-state index contributed by atoms with van der Waals surface area (Å²) in [5.74, 6) is 1.15. The van der Waals surface area contributed by atoms with E-state index in [0.717, 1.165) is 5.92 Å². The molecule has 0 atom stereocenters. The molecule has 0 N–H and O–H groups in total. The molecule has 0 saturated heterocycles. The molecule has 2 heteroatoms. The Hall–Kier alpha value is -0.530. The third-order valence-electron chi connectivity index (χ3n) is 3.31. The average molecular weight is 270 g/mol. The molecule has 0 heterocycles. The Kier molecular flexibility index (Phi) is 11.0. The van der Waals surface area contributed by atoms with Gasteiger partial charge in [0.25, 0.3) is 6.47 Å². The summed E-state index contributed by atoms with van der Waals surface area (Å²) in [7, 11) is 0. The number of rotatable bonds is 9. The van der Waals surface area contributed by atoms with Gasteiger partial charge in [0.15, 0.2) is 0 Å². The largest absolute Gasteiger partial charge is 0.462 e. The van der Waals surface area contributed by atoms with Gasteiger partial charge < -0.3 is 4.74 Å². The van der Waals surface area contributed by atoms with Gasteiger partial charge in [-0.1, -0.05) is 71.1 Å². The molecule has 0 aliphatic heterocycles. The van der Waals surface area contributed by atoms with Crippen molar-refractivity contribution in [3.05, 3.63) is 0 Å². The quantitative estimate of drug-likeness (QED) is 0.409. The van der Waals surface area contributed by atoms with Gasteiger partial charge in [0.1, 0.15) is 5.60 Å². The van der Waals surface area contributed by atoms with Crippen molar-refractivity contribution in [2.24, 2.45) is 5.92 Å². The normalized spacial score (nSPS) is 14.5. The molecule has 0 amide bonds. The van der Waals surface area contributed by atoms with Crippen LogP contribution in [0.3, 0.4) is 0 Å². The number of carbonyl (C=O) groups excluding carboxylic acids is 1. The summed E-state index contributed by atoms with van der Waals surface area (Å²) in [5.41, 5.74) is -0.318. The van der Waals surface area contributed by atoms with E-state index in [1.54, 1.807) is 0 Å². The van der Waals surface area contributed by atoms with Crippen LogP contribution in [-0.2, 0) is 9.53 Å². The summed E-state index contributed by atoms with van der Waals surface area (Å²) in [6, 6.07) is 0. The Bertz CT molecular complexity index is 202. The first kappa shape index (κ1) is 18.5. The van der Waals surface area contributed by atoms with E-state index in [9.17, 15) is 4.79 Å². The van der Waals surface area contributed by atoms with Crippen LogP contribution in [0.4, 0.5) is 0 Å². The predicted octanol–water partition coefficient (Wildman–Crippen LogP) is 5.50. The van der Waals surface area contributed by atoms with Gasteiger partial charge in [0.05, 0.1) is 0 Å². The zero-order valence-corrected chi connectivity index (χ0v) is 13.5. The van der Waals surface area contributed by atoms with Crippen LogP contribution in [0.1, 0.15) is 91.9 Å². The molecule has 1 saturated carbocycles. The Morgan fingerprint density at radius 2 is 1.53 bits per heavy atom. The zero-order chi connectivity index (χ0) is 14.6. The van der Waals surface area contributed by atoms with Crippen LogP contribution < -0.4 is 0 Å². The average Bonchev–Trinajstić information content (AvgIpc) is 3.11. The minimum atomic E-state index is -0.318. The minimum Gasteiger partial charge on any atom is -0.462 e. The van der Waals surface area contributed by atoms with Gasteiger partial charge in [-0.15, -0.1) is 0 Å². The third kappa shape index (κ3) is 17.5. The molecular weight excluding hydrogens is 236 g/mol. The van der Waals surface area contributed by atoms with E-state index >= 15 is 0 Å². The summed E-state index contributed by atoms with van der Waals surface area (Å²) in [5, 5.41) is 0. The lowest BCUT2D eigenvalue weighted by atomic mass is 10.1. The van der Waals surface area contributed by atoms with Gasteiger partial charge in [0, 0.05) is 0 Å². The van der Waals surface area contributed by atoms with Crippen molar-refractivity contribution < 1.29 is 9.53 Å². The monoisotopic (exact) mass is 270 g/mol. The lowest BCUT2D eigenvalue weighted by Crippen LogP contribution is -2.17. The lowest BCUT2D eigenvalue weighted by Gasteiger charge is -2.14. The second-order valence-electron chi connectivity index (χ2n) is 6.68. The Labute approximate surface area is 120 Å². The molecule has 1 aliphatic rings. The van der Waals surface area contributed by atoms with E-state index < -0.39 is 0 Å². The second-order valence-corrected chi connectivity index (χ2v) is 6.68. The minimum absolute atomic E-state index is 0.318. The Morgan fingerprint density at radius 3 is 1.89 bits per heavy atom. The fraction of sp³-hybridized carbons (Fsp3) is 0.941. The lowest BCUT2D eigenvalue weighted by molar-refractivity contribution is -0.138. The summed E-state index contributed by atoms with van der Waals surface area (Å²) >= 11 is 0. The van der Waals surface area contributed by atoms with Gasteiger partial charge in [0.2, 0.25) is 0 Å². The van der Waals surface area contributed by atoms with Crippen molar-refractivity contribution >= 4 is 6.47 Å². The smallest absolute Gasteiger partial charge is 0.293 e. The fourth-order valence-electron chi connectivity index (χ4n) is 1.94. The van der Waals surface area contributed by atoms with Crippen molar-refractivity contribution in [1.82, 2.24) is 0 Å². The molecule has 0 aromatic carbocycles. The van der Waals surface area contributed by atoms with Crippen LogP contribution >= 0.6 is 0 Å². The molecule has 0 aromatic heterocycles. The van der Waals surface area contributed by atoms with Gasteiger partial charge in [-0.05, 0) is 26.7 Å². The third-order valence-corrected chi connectivity index (χ3v) is 3.31. The van der Waals surface area contributed by atoms with Gasteiger partial charge in [-0.3, -0.25) is 4.79 Å². The first-order chi connectivity index (χ1) is 8.99. The van der Waals surface area contributed by atoms with Crippen molar-refractivity contribution in [2.45, 2.75) is 97.5 Å². The molecule has 2 nitrogen and oxygen atoms in total. The maximum Gasteiger partial charge on any atom is 0.293 e. The highest BCUT2D eigenvalue weighted by molar-refractivity contribution is 5.37. The summed E-state index contributed by atoms with van der Waals surface area (Å²) in [6.07, 6.45) is 14.9. The van der Waals surface area contributed by atoms with Gasteiger partial charge in [-0.2, -0.15) is 0 Å². The SMILES string of the molecule is CC(C)(C)OC=O.CCCCCCCCCC1CC1. The summed E-state index contributed by atoms with van der Waals surface area (Å²) < 4.78 is 4.55. The van der Waals surface area contributed by atoms with Crippen molar-refractivity contribution in [1.29, 1.82) is 0 Å². The standard InChI is InChI=1S/C12H24.C5H10O2/c1-2-3-4-5-6-7-8-9-12-10-11-12;1-5(2,3)7-4-6/h12H,2-11H2,1H3;4H,1-3H3. The van der Waals surface area contributed by atoms with Crippen LogP contribution in [0.25, 0.3) is 0 Å². The van der Waals surface area contributed by atoms with E-state index in [2.05, 4.69) is 11.7 Å². The van der Waals surface area contributed by atoms with Crippen LogP contribution in [0, 0.1) is 5.92 Å². The number of ether oxygens (including phenoxy) is 1. The molecule has 0 aromatic rings. The van der Waals surface area contributed by atoms with E-state index in [1.807, 2.05) is 20.8 Å². The first-order valence-electron chi connectivity index (χ1n) is 8.11. The fourth-order valence-corrected chi connectivity index (χ4v) is 1.94. The topological polar surface area (TPSA) is 26.3 Å². The Balaban J connectivity index is 0.000000399. The maximum atomic E-state index is 9.60. The second kappa shape index (κ2) is 11.3. The number of hydrogen-bond acceptors (Lipinski definition) is 2. The van der Waals surface area contributed by atoms with Gasteiger partial charge in [-0.25, -0.2) is 0 Å².